The number of likely N-dealkylation sites (N-methyl/N-ethyl adjacent to an activating group) is 1. The van der Waals surface area contributed by atoms with Gasteiger partial charge in [0.1, 0.15) is 0 Å². The molecule has 3 aromatic rings. The first-order valence-electron chi connectivity index (χ1n) is 9.51. The predicted molar refractivity (Wildman–Crippen MR) is 113 cm³/mol. The van der Waals surface area contributed by atoms with Crippen LogP contribution in [0.1, 0.15) is 16.7 Å². The molecule has 0 saturated heterocycles. The van der Waals surface area contributed by atoms with E-state index >= 15 is 0 Å². The van der Waals surface area contributed by atoms with E-state index in [0.29, 0.717) is 6.54 Å². The van der Waals surface area contributed by atoms with Crippen LogP contribution in [0.4, 0.5) is 11.4 Å². The Labute approximate surface area is 161 Å². The number of benzene rings is 3. The zero-order valence-corrected chi connectivity index (χ0v) is 16.0. The highest BCUT2D eigenvalue weighted by Crippen LogP contribution is 2.36. The third kappa shape index (κ3) is 3.43. The van der Waals surface area contributed by atoms with Crippen LogP contribution in [-0.2, 0) is 13.1 Å². The van der Waals surface area contributed by atoms with E-state index in [1.807, 2.05) is 7.05 Å². The summed E-state index contributed by atoms with van der Waals surface area (Å²) >= 11 is 0. The molecule has 3 heteroatoms. The lowest BCUT2D eigenvalue weighted by Gasteiger charge is -2.22. The van der Waals surface area contributed by atoms with Crippen molar-refractivity contribution in [2.75, 3.05) is 30.0 Å². The van der Waals surface area contributed by atoms with Gasteiger partial charge in [0.05, 0.1) is 6.61 Å². The van der Waals surface area contributed by atoms with Crippen molar-refractivity contribution < 1.29 is 5.11 Å². The van der Waals surface area contributed by atoms with E-state index in [0.717, 1.165) is 13.1 Å². The normalized spacial score (nSPS) is 12.9. The molecule has 0 aromatic heterocycles. The minimum Gasteiger partial charge on any atom is -0.395 e. The monoisotopic (exact) mass is 358 g/mol. The Morgan fingerprint density at radius 1 is 0.926 bits per heavy atom. The second-order valence-electron chi connectivity index (χ2n) is 7.27. The molecule has 138 valence electrons. The van der Waals surface area contributed by atoms with Crippen LogP contribution >= 0.6 is 0 Å². The Morgan fingerprint density at radius 2 is 1.70 bits per heavy atom. The van der Waals surface area contributed by atoms with E-state index in [4.69, 9.17) is 0 Å². The molecule has 0 bridgehead atoms. The van der Waals surface area contributed by atoms with Gasteiger partial charge in [-0.15, -0.1) is 0 Å². The van der Waals surface area contributed by atoms with Gasteiger partial charge in [-0.2, -0.15) is 0 Å². The summed E-state index contributed by atoms with van der Waals surface area (Å²) in [6.45, 7) is 4.92. The Hall–Kier alpha value is -2.78. The van der Waals surface area contributed by atoms with Gasteiger partial charge in [0.2, 0.25) is 0 Å². The lowest BCUT2D eigenvalue weighted by atomic mass is 9.99. The molecule has 0 radical (unpaired) electrons. The highest BCUT2D eigenvalue weighted by Gasteiger charge is 2.22. The van der Waals surface area contributed by atoms with Gasteiger partial charge >= 0.3 is 0 Å². The van der Waals surface area contributed by atoms with E-state index in [1.54, 1.807) is 0 Å². The van der Waals surface area contributed by atoms with Gasteiger partial charge in [-0.05, 0) is 52.9 Å². The van der Waals surface area contributed by atoms with E-state index in [9.17, 15) is 5.11 Å². The molecule has 1 aliphatic rings. The second kappa shape index (κ2) is 7.45. The summed E-state index contributed by atoms with van der Waals surface area (Å²) in [6, 6.07) is 23.9. The molecule has 0 fully saturated rings. The van der Waals surface area contributed by atoms with Gasteiger partial charge in [-0.25, -0.2) is 0 Å². The van der Waals surface area contributed by atoms with Gasteiger partial charge in [0.15, 0.2) is 0 Å². The molecular formula is C24H26N2O. The summed E-state index contributed by atoms with van der Waals surface area (Å²) in [5.41, 5.74) is 9.13. The Balaban J connectivity index is 1.62. The molecule has 3 nitrogen and oxygen atoms in total. The van der Waals surface area contributed by atoms with Crippen LogP contribution < -0.4 is 9.80 Å². The molecule has 0 aliphatic carbocycles. The fraction of sp³-hybridized carbons (Fsp3) is 0.250. The number of aliphatic hydroxyl groups is 1. The fourth-order valence-corrected chi connectivity index (χ4v) is 3.96. The van der Waals surface area contributed by atoms with Crippen molar-refractivity contribution in [2.24, 2.45) is 0 Å². The van der Waals surface area contributed by atoms with Crippen molar-refractivity contribution in [3.05, 3.63) is 83.4 Å². The minimum atomic E-state index is 0.172. The molecule has 3 aromatic carbocycles. The Kier molecular flexibility index (Phi) is 4.87. The summed E-state index contributed by atoms with van der Waals surface area (Å²) in [7, 11) is 2.03. The molecule has 4 rings (SSSR count). The predicted octanol–water partition coefficient (Wildman–Crippen LogP) is 4.61. The first kappa shape index (κ1) is 17.6. The first-order valence-corrected chi connectivity index (χ1v) is 9.51. The standard InChI is InChI=1S/C24H26N2O/c1-18-23(19-7-4-3-5-8-19)9-6-10-24(18)26-16-20-11-12-22(15-21(20)17-26)25(2)13-14-27/h3-12,15,27H,13-14,16-17H2,1-2H3. The molecule has 0 unspecified atom stereocenters. The molecular weight excluding hydrogens is 332 g/mol. The zero-order valence-electron chi connectivity index (χ0n) is 16.0. The summed E-state index contributed by atoms with van der Waals surface area (Å²) < 4.78 is 0. The van der Waals surface area contributed by atoms with Crippen molar-refractivity contribution in [3.63, 3.8) is 0 Å². The first-order chi connectivity index (χ1) is 13.2. The lowest BCUT2D eigenvalue weighted by molar-refractivity contribution is 0.304. The maximum Gasteiger partial charge on any atom is 0.0606 e. The topological polar surface area (TPSA) is 26.7 Å². The van der Waals surface area contributed by atoms with Gasteiger partial charge in [-0.1, -0.05) is 48.5 Å². The van der Waals surface area contributed by atoms with Crippen molar-refractivity contribution in [1.82, 2.24) is 0 Å². The lowest BCUT2D eigenvalue weighted by Crippen LogP contribution is -2.21. The van der Waals surface area contributed by atoms with Crippen LogP contribution in [0, 0.1) is 6.92 Å². The van der Waals surface area contributed by atoms with Crippen molar-refractivity contribution in [3.8, 4) is 11.1 Å². The maximum atomic E-state index is 9.18. The quantitative estimate of drug-likeness (QED) is 0.721. The molecule has 1 N–H and O–H groups in total. The van der Waals surface area contributed by atoms with Gasteiger partial charge in [0.25, 0.3) is 0 Å². The molecule has 0 amide bonds. The van der Waals surface area contributed by atoms with E-state index in [-0.39, 0.29) is 6.61 Å². The van der Waals surface area contributed by atoms with Crippen molar-refractivity contribution in [1.29, 1.82) is 0 Å². The Bertz CT molecular complexity index is 936. The van der Waals surface area contributed by atoms with Crippen LogP contribution in [0.5, 0.6) is 0 Å². The van der Waals surface area contributed by atoms with Crippen molar-refractivity contribution in [2.45, 2.75) is 20.0 Å². The minimum absolute atomic E-state index is 0.172. The van der Waals surface area contributed by atoms with E-state index < -0.39 is 0 Å². The van der Waals surface area contributed by atoms with Gasteiger partial charge in [-0.3, -0.25) is 0 Å². The summed E-state index contributed by atoms with van der Waals surface area (Å²) in [5.74, 6) is 0. The number of hydrogen-bond donors (Lipinski definition) is 1. The van der Waals surface area contributed by atoms with Crippen LogP contribution in [-0.4, -0.2) is 25.3 Å². The third-order valence-electron chi connectivity index (χ3n) is 5.52. The molecule has 0 saturated carbocycles. The second-order valence-corrected chi connectivity index (χ2v) is 7.27. The highest BCUT2D eigenvalue weighted by atomic mass is 16.3. The summed E-state index contributed by atoms with van der Waals surface area (Å²) in [6.07, 6.45) is 0. The van der Waals surface area contributed by atoms with E-state index in [2.05, 4.69) is 83.5 Å². The third-order valence-corrected chi connectivity index (χ3v) is 5.52. The van der Waals surface area contributed by atoms with Crippen LogP contribution in [0.15, 0.2) is 66.7 Å². The molecule has 27 heavy (non-hydrogen) atoms. The number of rotatable bonds is 5. The van der Waals surface area contributed by atoms with E-state index in [1.165, 1.54) is 39.2 Å². The summed E-state index contributed by atoms with van der Waals surface area (Å²) in [5, 5.41) is 9.18. The maximum absolute atomic E-state index is 9.18. The number of nitrogens with zero attached hydrogens (tertiary/aromatic N) is 2. The number of aliphatic hydroxyl groups excluding tert-OH is 1. The molecule has 1 heterocycles. The average Bonchev–Trinajstić information content (AvgIpc) is 3.12. The van der Waals surface area contributed by atoms with Crippen LogP contribution in [0.25, 0.3) is 11.1 Å². The molecule has 0 atom stereocenters. The summed E-state index contributed by atoms with van der Waals surface area (Å²) in [4.78, 5) is 4.56. The number of hydrogen-bond acceptors (Lipinski definition) is 3. The molecule has 1 aliphatic heterocycles. The smallest absolute Gasteiger partial charge is 0.0606 e. The largest absolute Gasteiger partial charge is 0.395 e. The number of fused-ring (bicyclic) bond motifs is 1. The highest BCUT2D eigenvalue weighted by molar-refractivity contribution is 5.74. The van der Waals surface area contributed by atoms with Gasteiger partial charge in [0, 0.05) is 38.1 Å². The fourth-order valence-electron chi connectivity index (χ4n) is 3.96. The average molecular weight is 358 g/mol. The Morgan fingerprint density at radius 3 is 2.48 bits per heavy atom. The van der Waals surface area contributed by atoms with Crippen molar-refractivity contribution >= 4 is 11.4 Å². The van der Waals surface area contributed by atoms with Crippen LogP contribution in [0.3, 0.4) is 0 Å². The number of anilines is 2. The zero-order chi connectivity index (χ0) is 18.8. The van der Waals surface area contributed by atoms with Gasteiger partial charge < -0.3 is 14.9 Å². The molecule has 0 spiro atoms. The SMILES string of the molecule is Cc1c(-c2ccccc2)cccc1N1Cc2ccc(N(C)CCO)cc2C1. The van der Waals surface area contributed by atoms with Crippen LogP contribution in [0.2, 0.25) is 0 Å².